The van der Waals surface area contributed by atoms with E-state index in [2.05, 4.69) is 27.8 Å². The molecule has 1 heterocycles. The lowest BCUT2D eigenvalue weighted by atomic mass is 10.0. The first-order valence-corrected chi connectivity index (χ1v) is 9.33. The Morgan fingerprint density at radius 1 is 1.04 bits per heavy atom. The number of anilines is 1. The van der Waals surface area contributed by atoms with Gasteiger partial charge in [0, 0.05) is 6.42 Å². The molecule has 0 saturated heterocycles. The van der Waals surface area contributed by atoms with Crippen LogP contribution in [0, 0.1) is 0 Å². The van der Waals surface area contributed by atoms with Crippen molar-refractivity contribution in [2.75, 3.05) is 11.9 Å². The number of aryl methyl sites for hydroxylation is 1. The van der Waals surface area contributed by atoms with Crippen LogP contribution >= 0.6 is 11.3 Å². The molecule has 7 heteroatoms. The lowest BCUT2D eigenvalue weighted by Gasteiger charge is -2.07. The zero-order valence-corrected chi connectivity index (χ0v) is 15.3. The Morgan fingerprint density at radius 3 is 2.69 bits per heavy atom. The standard InChI is InChI=1S/C19H20N4O2S/c1-2-6-18-22-23-19(26-18)21-17(25)12-20-16(24)11-14-9-5-8-13-7-3-4-10-15(13)14/h3-5,7-10H,2,6,11-12H2,1H3,(H,20,24)(H,21,23,25). The molecule has 0 aliphatic rings. The molecule has 3 rings (SSSR count). The number of amides is 2. The summed E-state index contributed by atoms with van der Waals surface area (Å²) < 4.78 is 0. The van der Waals surface area contributed by atoms with Crippen molar-refractivity contribution in [3.8, 4) is 0 Å². The molecular weight excluding hydrogens is 348 g/mol. The summed E-state index contributed by atoms with van der Waals surface area (Å²) in [5, 5.41) is 16.7. The summed E-state index contributed by atoms with van der Waals surface area (Å²) in [6, 6.07) is 13.8. The maximum Gasteiger partial charge on any atom is 0.245 e. The number of rotatable bonds is 7. The Balaban J connectivity index is 1.52. The van der Waals surface area contributed by atoms with Crippen LogP contribution < -0.4 is 10.6 Å². The number of carbonyl (C=O) groups excluding carboxylic acids is 2. The predicted octanol–water partition coefficient (Wildman–Crippen LogP) is 2.94. The van der Waals surface area contributed by atoms with Crippen molar-refractivity contribution in [3.63, 3.8) is 0 Å². The minimum atomic E-state index is -0.310. The number of carbonyl (C=O) groups is 2. The van der Waals surface area contributed by atoms with E-state index in [1.807, 2.05) is 42.5 Å². The molecule has 2 amide bonds. The molecule has 0 unspecified atom stereocenters. The highest BCUT2D eigenvalue weighted by Gasteiger charge is 2.11. The molecule has 6 nitrogen and oxygen atoms in total. The molecule has 0 aliphatic heterocycles. The van der Waals surface area contributed by atoms with Crippen LogP contribution in [-0.2, 0) is 22.4 Å². The molecular formula is C19H20N4O2S. The van der Waals surface area contributed by atoms with Crippen molar-refractivity contribution in [2.24, 2.45) is 0 Å². The van der Waals surface area contributed by atoms with Gasteiger partial charge in [-0.3, -0.25) is 14.9 Å². The normalized spacial score (nSPS) is 10.7. The second-order valence-electron chi connectivity index (χ2n) is 5.89. The zero-order valence-electron chi connectivity index (χ0n) is 14.5. The minimum absolute atomic E-state index is 0.0910. The SMILES string of the molecule is CCCc1nnc(NC(=O)CNC(=O)Cc2cccc3ccccc23)s1. The summed E-state index contributed by atoms with van der Waals surface area (Å²) in [4.78, 5) is 24.1. The first-order valence-electron chi connectivity index (χ1n) is 8.51. The molecule has 0 fully saturated rings. The molecule has 134 valence electrons. The van der Waals surface area contributed by atoms with E-state index in [1.165, 1.54) is 11.3 Å². The number of nitrogens with zero attached hydrogens (tertiary/aromatic N) is 2. The fraction of sp³-hybridized carbons (Fsp3) is 0.263. The molecule has 26 heavy (non-hydrogen) atoms. The van der Waals surface area contributed by atoms with Crippen molar-refractivity contribution >= 4 is 39.1 Å². The van der Waals surface area contributed by atoms with Gasteiger partial charge in [-0.2, -0.15) is 0 Å². The van der Waals surface area contributed by atoms with E-state index in [9.17, 15) is 9.59 Å². The van der Waals surface area contributed by atoms with Crippen LogP contribution in [0.25, 0.3) is 10.8 Å². The number of nitrogens with one attached hydrogen (secondary N) is 2. The van der Waals surface area contributed by atoms with E-state index in [4.69, 9.17) is 0 Å². The van der Waals surface area contributed by atoms with Crippen LogP contribution in [0.1, 0.15) is 23.9 Å². The largest absolute Gasteiger partial charge is 0.347 e. The topological polar surface area (TPSA) is 84.0 Å². The summed E-state index contributed by atoms with van der Waals surface area (Å²) in [7, 11) is 0. The van der Waals surface area contributed by atoms with E-state index in [-0.39, 0.29) is 24.8 Å². The van der Waals surface area contributed by atoms with Crippen molar-refractivity contribution in [1.29, 1.82) is 0 Å². The van der Waals surface area contributed by atoms with E-state index < -0.39 is 0 Å². The highest BCUT2D eigenvalue weighted by molar-refractivity contribution is 7.15. The lowest BCUT2D eigenvalue weighted by molar-refractivity contribution is -0.123. The second-order valence-corrected chi connectivity index (χ2v) is 6.95. The van der Waals surface area contributed by atoms with E-state index in [0.717, 1.165) is 34.2 Å². The average Bonchev–Trinajstić information content (AvgIpc) is 3.08. The van der Waals surface area contributed by atoms with Gasteiger partial charge in [-0.05, 0) is 22.8 Å². The Hall–Kier alpha value is -2.80. The summed E-state index contributed by atoms with van der Waals surface area (Å²) >= 11 is 1.36. The summed E-state index contributed by atoms with van der Waals surface area (Å²) in [5.74, 6) is -0.504. The Bertz CT molecular complexity index is 917. The van der Waals surface area contributed by atoms with Crippen LogP contribution in [0.4, 0.5) is 5.13 Å². The lowest BCUT2D eigenvalue weighted by Crippen LogP contribution is -2.33. The third-order valence-corrected chi connectivity index (χ3v) is 4.75. The quantitative estimate of drug-likeness (QED) is 0.672. The highest BCUT2D eigenvalue weighted by atomic mass is 32.1. The maximum atomic E-state index is 12.2. The van der Waals surface area contributed by atoms with Gasteiger partial charge in [0.05, 0.1) is 13.0 Å². The summed E-state index contributed by atoms with van der Waals surface area (Å²) in [6.45, 7) is 1.97. The van der Waals surface area contributed by atoms with Crippen molar-refractivity contribution in [1.82, 2.24) is 15.5 Å². The number of hydrogen-bond acceptors (Lipinski definition) is 5. The first-order chi connectivity index (χ1) is 12.7. The van der Waals surface area contributed by atoms with Gasteiger partial charge in [-0.1, -0.05) is 60.7 Å². The van der Waals surface area contributed by atoms with Gasteiger partial charge in [-0.25, -0.2) is 0 Å². The average molecular weight is 368 g/mol. The first kappa shape index (κ1) is 18.0. The van der Waals surface area contributed by atoms with Gasteiger partial charge in [0.1, 0.15) is 5.01 Å². The van der Waals surface area contributed by atoms with E-state index >= 15 is 0 Å². The van der Waals surface area contributed by atoms with Crippen LogP contribution in [0.2, 0.25) is 0 Å². The van der Waals surface area contributed by atoms with Gasteiger partial charge in [-0.15, -0.1) is 10.2 Å². The summed E-state index contributed by atoms with van der Waals surface area (Å²) in [6.07, 6.45) is 2.05. The molecule has 0 spiro atoms. The Morgan fingerprint density at radius 2 is 1.85 bits per heavy atom. The van der Waals surface area contributed by atoms with E-state index in [0.29, 0.717) is 5.13 Å². The minimum Gasteiger partial charge on any atom is -0.347 e. The fourth-order valence-electron chi connectivity index (χ4n) is 2.64. The van der Waals surface area contributed by atoms with Gasteiger partial charge in [0.2, 0.25) is 16.9 Å². The fourth-order valence-corrected chi connectivity index (χ4v) is 3.50. The Kier molecular flexibility index (Phi) is 5.91. The molecule has 0 radical (unpaired) electrons. The number of hydrogen-bond donors (Lipinski definition) is 2. The van der Waals surface area contributed by atoms with Gasteiger partial charge in [0.15, 0.2) is 0 Å². The predicted molar refractivity (Wildman–Crippen MR) is 103 cm³/mol. The van der Waals surface area contributed by atoms with Crippen LogP contribution in [-0.4, -0.2) is 28.6 Å². The van der Waals surface area contributed by atoms with Crippen molar-refractivity contribution in [2.45, 2.75) is 26.2 Å². The molecule has 2 N–H and O–H groups in total. The molecule has 2 aromatic carbocycles. The molecule has 3 aromatic rings. The molecule has 0 atom stereocenters. The number of aromatic nitrogens is 2. The molecule has 0 bridgehead atoms. The van der Waals surface area contributed by atoms with Crippen molar-refractivity contribution < 1.29 is 9.59 Å². The second kappa shape index (κ2) is 8.53. The summed E-state index contributed by atoms with van der Waals surface area (Å²) in [5.41, 5.74) is 0.939. The third-order valence-electron chi connectivity index (χ3n) is 3.85. The smallest absolute Gasteiger partial charge is 0.245 e. The van der Waals surface area contributed by atoms with Gasteiger partial charge < -0.3 is 5.32 Å². The molecule has 0 saturated carbocycles. The number of benzene rings is 2. The molecule has 1 aromatic heterocycles. The van der Waals surface area contributed by atoms with Gasteiger partial charge in [0.25, 0.3) is 0 Å². The number of fused-ring (bicyclic) bond motifs is 1. The van der Waals surface area contributed by atoms with Gasteiger partial charge >= 0.3 is 0 Å². The Labute approximate surface area is 155 Å². The highest BCUT2D eigenvalue weighted by Crippen LogP contribution is 2.19. The van der Waals surface area contributed by atoms with Crippen LogP contribution in [0.5, 0.6) is 0 Å². The van der Waals surface area contributed by atoms with Crippen LogP contribution in [0.3, 0.4) is 0 Å². The monoisotopic (exact) mass is 368 g/mol. The zero-order chi connectivity index (χ0) is 18.4. The van der Waals surface area contributed by atoms with Crippen molar-refractivity contribution in [3.05, 3.63) is 53.0 Å². The third kappa shape index (κ3) is 4.64. The molecule has 0 aliphatic carbocycles. The van der Waals surface area contributed by atoms with Crippen LogP contribution in [0.15, 0.2) is 42.5 Å². The maximum absolute atomic E-state index is 12.2. The van der Waals surface area contributed by atoms with E-state index in [1.54, 1.807) is 0 Å².